The molecule has 1 aliphatic rings. The van der Waals surface area contributed by atoms with Crippen LogP contribution in [0.4, 0.5) is 0 Å². The molecule has 2 rings (SSSR count). The van der Waals surface area contributed by atoms with E-state index in [1.165, 1.54) is 0 Å². The molecule has 0 aromatic heterocycles. The number of benzene rings is 1. The largest absolute Gasteiger partial charge is 0.486 e. The van der Waals surface area contributed by atoms with Crippen LogP contribution in [0.25, 0.3) is 0 Å². The van der Waals surface area contributed by atoms with Crippen molar-refractivity contribution in [2.24, 2.45) is 0 Å². The lowest BCUT2D eigenvalue weighted by Crippen LogP contribution is -2.27. The Morgan fingerprint density at radius 2 is 2.18 bits per heavy atom. The second-order valence-corrected chi connectivity index (χ2v) is 4.24. The molecule has 94 valence electrons. The number of fused-ring (bicyclic) bond motifs is 1. The Morgan fingerprint density at radius 1 is 1.35 bits per heavy atom. The zero-order valence-electron chi connectivity index (χ0n) is 10.1. The number of rotatable bonds is 5. The highest BCUT2D eigenvalue weighted by Gasteiger charge is 2.15. The molecule has 1 unspecified atom stereocenters. The summed E-state index contributed by atoms with van der Waals surface area (Å²) in [6.45, 7) is 4.22. The molecule has 4 nitrogen and oxygen atoms in total. The zero-order valence-corrected chi connectivity index (χ0v) is 10.1. The molecule has 4 heteroatoms. The van der Waals surface area contributed by atoms with Gasteiger partial charge in [-0.25, -0.2) is 0 Å². The summed E-state index contributed by atoms with van der Waals surface area (Å²) in [7, 11) is 0. The van der Waals surface area contributed by atoms with E-state index in [2.05, 4.69) is 12.2 Å². The maximum Gasteiger partial charge on any atom is 0.165 e. The summed E-state index contributed by atoms with van der Waals surface area (Å²) in [4.78, 5) is 0. The van der Waals surface area contributed by atoms with Gasteiger partial charge in [0.25, 0.3) is 0 Å². The van der Waals surface area contributed by atoms with Gasteiger partial charge in [-0.1, -0.05) is 12.1 Å². The molecular weight excluding hydrogens is 218 g/mol. The van der Waals surface area contributed by atoms with Crippen LogP contribution >= 0.6 is 0 Å². The second-order valence-electron chi connectivity index (χ2n) is 4.24. The van der Waals surface area contributed by atoms with Crippen LogP contribution in [0, 0.1) is 0 Å². The van der Waals surface area contributed by atoms with Gasteiger partial charge < -0.3 is 19.9 Å². The average molecular weight is 237 g/mol. The highest BCUT2D eigenvalue weighted by Crippen LogP contribution is 2.33. The SMILES string of the molecule is CC(CCO)NCc1cccc2c1OCCO2. The van der Waals surface area contributed by atoms with Crippen molar-refractivity contribution in [3.05, 3.63) is 23.8 Å². The van der Waals surface area contributed by atoms with Gasteiger partial charge in [0.05, 0.1) is 0 Å². The molecule has 0 fully saturated rings. The van der Waals surface area contributed by atoms with E-state index in [0.29, 0.717) is 19.3 Å². The Balaban J connectivity index is 2.01. The summed E-state index contributed by atoms with van der Waals surface area (Å²) in [6.07, 6.45) is 0.756. The van der Waals surface area contributed by atoms with E-state index in [0.717, 1.165) is 30.0 Å². The third-order valence-corrected chi connectivity index (χ3v) is 2.85. The van der Waals surface area contributed by atoms with Crippen LogP contribution in [0.5, 0.6) is 11.5 Å². The predicted octanol–water partition coefficient (Wildman–Crippen LogP) is 1.32. The van der Waals surface area contributed by atoms with Gasteiger partial charge in [0.2, 0.25) is 0 Å². The van der Waals surface area contributed by atoms with E-state index < -0.39 is 0 Å². The summed E-state index contributed by atoms with van der Waals surface area (Å²) in [5, 5.41) is 12.2. The van der Waals surface area contributed by atoms with Gasteiger partial charge in [-0.2, -0.15) is 0 Å². The van der Waals surface area contributed by atoms with Crippen molar-refractivity contribution >= 4 is 0 Å². The van der Waals surface area contributed by atoms with Gasteiger partial charge in [-0.3, -0.25) is 0 Å². The van der Waals surface area contributed by atoms with Crippen LogP contribution in [0.2, 0.25) is 0 Å². The number of hydrogen-bond acceptors (Lipinski definition) is 4. The van der Waals surface area contributed by atoms with Gasteiger partial charge in [0, 0.05) is 24.8 Å². The van der Waals surface area contributed by atoms with E-state index in [1.807, 2.05) is 18.2 Å². The molecule has 0 spiro atoms. The lowest BCUT2D eigenvalue weighted by Gasteiger charge is -2.22. The Bertz CT molecular complexity index is 368. The van der Waals surface area contributed by atoms with E-state index in [4.69, 9.17) is 14.6 Å². The molecule has 1 aromatic carbocycles. The summed E-state index contributed by atoms with van der Waals surface area (Å²) in [5.74, 6) is 1.67. The van der Waals surface area contributed by atoms with Crippen molar-refractivity contribution in [1.29, 1.82) is 0 Å². The van der Waals surface area contributed by atoms with E-state index in [9.17, 15) is 0 Å². The Kier molecular flexibility index (Phi) is 4.23. The third kappa shape index (κ3) is 3.11. The molecular formula is C13H19NO3. The number of nitrogens with one attached hydrogen (secondary N) is 1. The smallest absolute Gasteiger partial charge is 0.165 e. The van der Waals surface area contributed by atoms with Crippen LogP contribution in [0.1, 0.15) is 18.9 Å². The second kappa shape index (κ2) is 5.89. The third-order valence-electron chi connectivity index (χ3n) is 2.85. The lowest BCUT2D eigenvalue weighted by molar-refractivity contribution is 0.169. The number of hydrogen-bond donors (Lipinski definition) is 2. The van der Waals surface area contributed by atoms with Crippen molar-refractivity contribution in [1.82, 2.24) is 5.32 Å². The molecule has 1 aliphatic heterocycles. The number of para-hydroxylation sites is 1. The molecule has 1 aromatic rings. The van der Waals surface area contributed by atoms with Crippen molar-refractivity contribution in [2.45, 2.75) is 25.9 Å². The molecule has 17 heavy (non-hydrogen) atoms. The molecule has 0 radical (unpaired) electrons. The molecule has 0 saturated heterocycles. The summed E-state index contributed by atoms with van der Waals surface area (Å²) in [5.41, 5.74) is 1.10. The van der Waals surface area contributed by atoms with Crippen molar-refractivity contribution in [3.8, 4) is 11.5 Å². The maximum atomic E-state index is 8.84. The zero-order chi connectivity index (χ0) is 12.1. The lowest BCUT2D eigenvalue weighted by atomic mass is 10.1. The van der Waals surface area contributed by atoms with Gasteiger partial charge in [0.1, 0.15) is 13.2 Å². The van der Waals surface area contributed by atoms with Crippen molar-refractivity contribution in [2.75, 3.05) is 19.8 Å². The fraction of sp³-hybridized carbons (Fsp3) is 0.538. The monoisotopic (exact) mass is 237 g/mol. The van der Waals surface area contributed by atoms with Crippen LogP contribution in [0.3, 0.4) is 0 Å². The Labute approximate surface area is 102 Å². The van der Waals surface area contributed by atoms with Gasteiger partial charge >= 0.3 is 0 Å². The highest BCUT2D eigenvalue weighted by atomic mass is 16.6. The molecule has 0 saturated carbocycles. The molecule has 2 N–H and O–H groups in total. The van der Waals surface area contributed by atoms with Gasteiger partial charge in [-0.05, 0) is 19.4 Å². The molecule has 0 aliphatic carbocycles. The Morgan fingerprint density at radius 3 is 3.00 bits per heavy atom. The first-order chi connectivity index (χ1) is 8.31. The van der Waals surface area contributed by atoms with E-state index in [1.54, 1.807) is 0 Å². The summed E-state index contributed by atoms with van der Waals surface area (Å²) < 4.78 is 11.2. The first-order valence-corrected chi connectivity index (χ1v) is 6.03. The topological polar surface area (TPSA) is 50.7 Å². The average Bonchev–Trinajstić information content (AvgIpc) is 2.36. The predicted molar refractivity (Wildman–Crippen MR) is 65.4 cm³/mol. The van der Waals surface area contributed by atoms with Crippen LogP contribution in [0.15, 0.2) is 18.2 Å². The fourth-order valence-electron chi connectivity index (χ4n) is 1.85. The number of aliphatic hydroxyl groups excluding tert-OH is 1. The van der Waals surface area contributed by atoms with Crippen molar-refractivity contribution in [3.63, 3.8) is 0 Å². The number of aliphatic hydroxyl groups is 1. The molecule has 0 amide bonds. The van der Waals surface area contributed by atoms with Gasteiger partial charge in [-0.15, -0.1) is 0 Å². The molecule has 1 atom stereocenters. The van der Waals surface area contributed by atoms with E-state index >= 15 is 0 Å². The minimum absolute atomic E-state index is 0.209. The fourth-order valence-corrected chi connectivity index (χ4v) is 1.85. The normalized spacial score (nSPS) is 15.6. The minimum atomic E-state index is 0.209. The number of ether oxygens (including phenoxy) is 2. The van der Waals surface area contributed by atoms with E-state index in [-0.39, 0.29) is 6.61 Å². The van der Waals surface area contributed by atoms with Crippen LogP contribution < -0.4 is 14.8 Å². The first kappa shape index (κ1) is 12.2. The maximum absolute atomic E-state index is 8.84. The minimum Gasteiger partial charge on any atom is -0.486 e. The summed E-state index contributed by atoms with van der Waals surface area (Å²) >= 11 is 0. The highest BCUT2D eigenvalue weighted by molar-refractivity contribution is 5.47. The first-order valence-electron chi connectivity index (χ1n) is 6.03. The van der Waals surface area contributed by atoms with Crippen LogP contribution in [-0.2, 0) is 6.54 Å². The van der Waals surface area contributed by atoms with Crippen molar-refractivity contribution < 1.29 is 14.6 Å². The van der Waals surface area contributed by atoms with Gasteiger partial charge in [0.15, 0.2) is 11.5 Å². The Hall–Kier alpha value is -1.26. The standard InChI is InChI=1S/C13H19NO3/c1-10(5-6-15)14-9-11-3-2-4-12-13(11)17-8-7-16-12/h2-4,10,14-15H,5-9H2,1H3. The molecule has 0 bridgehead atoms. The van der Waals surface area contributed by atoms with Crippen LogP contribution in [-0.4, -0.2) is 31.0 Å². The quantitative estimate of drug-likeness (QED) is 0.811. The molecule has 1 heterocycles. The summed E-state index contributed by atoms with van der Waals surface area (Å²) in [6, 6.07) is 6.23.